The number of para-hydroxylation sites is 2. The molecule has 0 spiro atoms. The molecular weight excluding hydrogens is 373 g/mol. The van der Waals surface area contributed by atoms with Crippen LogP contribution in [0, 0.1) is 18.3 Å². The summed E-state index contributed by atoms with van der Waals surface area (Å²) in [4.78, 5) is 15.7. The number of rotatable bonds is 4. The molecular formula is C18H15F3N6O. The Hall–Kier alpha value is -3.61. The molecule has 0 radical (unpaired) electrons. The van der Waals surface area contributed by atoms with E-state index in [1.54, 1.807) is 36.7 Å². The highest BCUT2D eigenvalue weighted by molar-refractivity contribution is 5.85. The quantitative estimate of drug-likeness (QED) is 0.551. The van der Waals surface area contributed by atoms with E-state index in [-0.39, 0.29) is 11.0 Å². The molecule has 0 aliphatic carbocycles. The number of hydrogen-bond acceptors (Lipinski definition) is 4. The fourth-order valence-corrected chi connectivity index (χ4v) is 2.77. The normalized spacial score (nSPS) is 11.9. The number of aromatic nitrogens is 3. The number of alkyl halides is 3. The number of imidazole rings is 1. The van der Waals surface area contributed by atoms with Gasteiger partial charge in [-0.15, -0.1) is 0 Å². The number of halogens is 3. The van der Waals surface area contributed by atoms with E-state index >= 15 is 0 Å². The molecule has 10 heteroatoms. The van der Waals surface area contributed by atoms with Crippen LogP contribution in [0.4, 0.5) is 13.2 Å². The number of hydrogen-bond donors (Lipinski definition) is 1. The zero-order chi connectivity index (χ0) is 20.5. The number of nitrogens with zero attached hydrogens (tertiary/aromatic N) is 5. The molecule has 0 fully saturated rings. The number of carbonyl (C=O) groups excluding carboxylic acids is 1. The molecule has 0 aliphatic heterocycles. The van der Waals surface area contributed by atoms with Crippen molar-refractivity contribution >= 4 is 23.2 Å². The fourth-order valence-electron chi connectivity index (χ4n) is 2.77. The zero-order valence-electron chi connectivity index (χ0n) is 14.9. The molecule has 0 unspecified atom stereocenters. The number of hydrazone groups is 1. The van der Waals surface area contributed by atoms with E-state index in [1.165, 1.54) is 18.3 Å². The average Bonchev–Trinajstić information content (AvgIpc) is 3.14. The number of amides is 1. The predicted molar refractivity (Wildman–Crippen MR) is 95.3 cm³/mol. The maximum atomic E-state index is 13.3. The Labute approximate surface area is 157 Å². The van der Waals surface area contributed by atoms with Gasteiger partial charge in [-0.25, -0.2) is 10.4 Å². The maximum absolute atomic E-state index is 13.3. The van der Waals surface area contributed by atoms with Gasteiger partial charge in [-0.3, -0.25) is 4.79 Å². The Morgan fingerprint density at radius 1 is 1.39 bits per heavy atom. The van der Waals surface area contributed by atoms with Gasteiger partial charge >= 0.3 is 6.18 Å². The van der Waals surface area contributed by atoms with Crippen LogP contribution in [0.1, 0.15) is 22.8 Å². The van der Waals surface area contributed by atoms with E-state index in [0.29, 0.717) is 11.3 Å². The van der Waals surface area contributed by atoms with Crippen molar-refractivity contribution in [1.29, 1.82) is 5.26 Å². The summed E-state index contributed by atoms with van der Waals surface area (Å²) in [6.45, 7) is 1.18. The molecule has 0 atom stereocenters. The molecule has 3 rings (SSSR count). The predicted octanol–water partition coefficient (Wildman–Crippen LogP) is 2.72. The van der Waals surface area contributed by atoms with Crippen molar-refractivity contribution in [2.45, 2.75) is 19.6 Å². The van der Waals surface area contributed by atoms with Gasteiger partial charge in [-0.1, -0.05) is 12.1 Å². The van der Waals surface area contributed by atoms with Gasteiger partial charge in [0, 0.05) is 18.3 Å². The average molecular weight is 388 g/mol. The van der Waals surface area contributed by atoms with Crippen molar-refractivity contribution in [3.63, 3.8) is 0 Å². The van der Waals surface area contributed by atoms with E-state index in [1.807, 2.05) is 6.07 Å². The van der Waals surface area contributed by atoms with Crippen molar-refractivity contribution in [2.24, 2.45) is 12.1 Å². The lowest BCUT2D eigenvalue weighted by Gasteiger charge is -2.10. The molecule has 1 aromatic carbocycles. The molecule has 1 N–H and O–H groups in total. The van der Waals surface area contributed by atoms with Crippen molar-refractivity contribution in [1.82, 2.24) is 19.5 Å². The molecule has 3 aromatic rings. The van der Waals surface area contributed by atoms with Crippen LogP contribution in [0.15, 0.2) is 35.4 Å². The van der Waals surface area contributed by atoms with Crippen LogP contribution < -0.4 is 5.43 Å². The van der Waals surface area contributed by atoms with Gasteiger partial charge in [0.1, 0.15) is 18.3 Å². The van der Waals surface area contributed by atoms with Crippen molar-refractivity contribution in [3.05, 3.63) is 53.1 Å². The second-order valence-electron chi connectivity index (χ2n) is 6.04. The van der Waals surface area contributed by atoms with Crippen molar-refractivity contribution < 1.29 is 18.0 Å². The van der Waals surface area contributed by atoms with Gasteiger partial charge in [0.05, 0.1) is 17.2 Å². The fraction of sp³-hybridized carbons (Fsp3) is 0.222. The number of nitrogens with one attached hydrogen (secondary N) is 1. The smallest absolute Gasteiger partial charge is 0.339 e. The summed E-state index contributed by atoms with van der Waals surface area (Å²) in [5.74, 6) is -1.88. The Bertz CT molecular complexity index is 1120. The summed E-state index contributed by atoms with van der Waals surface area (Å²) in [5, 5.41) is 12.8. The zero-order valence-corrected chi connectivity index (χ0v) is 14.9. The van der Waals surface area contributed by atoms with E-state index < -0.39 is 24.5 Å². The van der Waals surface area contributed by atoms with Gasteiger partial charge in [0.15, 0.2) is 0 Å². The third-order valence-electron chi connectivity index (χ3n) is 4.29. The first kappa shape index (κ1) is 19.2. The Morgan fingerprint density at radius 2 is 2.11 bits per heavy atom. The third kappa shape index (κ3) is 3.59. The van der Waals surface area contributed by atoms with Crippen LogP contribution in [-0.4, -0.2) is 26.2 Å². The second kappa shape index (κ2) is 7.19. The van der Waals surface area contributed by atoms with Crippen LogP contribution in [0.3, 0.4) is 0 Å². The molecule has 0 bridgehead atoms. The SMILES string of the molecule is Cc1c(/C=N/NC(=O)Cn2c(C(F)(F)F)nc3ccccc32)cc(C#N)n1C. The van der Waals surface area contributed by atoms with E-state index in [9.17, 15) is 18.0 Å². The van der Waals surface area contributed by atoms with E-state index in [2.05, 4.69) is 15.5 Å². The molecule has 7 nitrogen and oxygen atoms in total. The first-order valence-corrected chi connectivity index (χ1v) is 8.13. The van der Waals surface area contributed by atoms with Crippen molar-refractivity contribution in [3.8, 4) is 6.07 Å². The molecule has 2 heterocycles. The number of benzene rings is 1. The molecule has 0 saturated heterocycles. The van der Waals surface area contributed by atoms with Crippen LogP contribution in [0.2, 0.25) is 0 Å². The molecule has 28 heavy (non-hydrogen) atoms. The minimum absolute atomic E-state index is 0.148. The maximum Gasteiger partial charge on any atom is 0.449 e. The van der Waals surface area contributed by atoms with Gasteiger partial charge in [-0.05, 0) is 25.1 Å². The summed E-state index contributed by atoms with van der Waals surface area (Å²) in [7, 11) is 1.71. The Balaban J connectivity index is 1.80. The molecule has 0 saturated carbocycles. The molecule has 1 amide bonds. The van der Waals surface area contributed by atoms with Gasteiger partial charge in [0.2, 0.25) is 5.82 Å². The Kier molecular flexibility index (Phi) is 4.92. The summed E-state index contributed by atoms with van der Waals surface area (Å²) in [6, 6.07) is 9.67. The number of carbonyl (C=O) groups is 1. The van der Waals surface area contributed by atoms with E-state index in [4.69, 9.17) is 5.26 Å². The first-order chi connectivity index (χ1) is 13.2. The largest absolute Gasteiger partial charge is 0.449 e. The van der Waals surface area contributed by atoms with Crippen LogP contribution >= 0.6 is 0 Å². The lowest BCUT2D eigenvalue weighted by atomic mass is 10.3. The topological polar surface area (TPSA) is 88.0 Å². The first-order valence-electron chi connectivity index (χ1n) is 8.13. The van der Waals surface area contributed by atoms with Crippen LogP contribution in [0.25, 0.3) is 11.0 Å². The standard InChI is InChI=1S/C18H15F3N6O/c1-11-12(7-13(8-22)26(11)2)9-23-25-16(28)10-27-15-6-4-3-5-14(15)24-17(27)18(19,20)21/h3-7,9H,10H2,1-2H3,(H,25,28)/b23-9+. The highest BCUT2D eigenvalue weighted by Gasteiger charge is 2.37. The van der Waals surface area contributed by atoms with E-state index in [0.717, 1.165) is 10.3 Å². The number of fused-ring (bicyclic) bond motifs is 1. The monoisotopic (exact) mass is 388 g/mol. The number of nitriles is 1. The summed E-state index contributed by atoms with van der Waals surface area (Å²) in [6.07, 6.45) is -3.36. The molecule has 144 valence electrons. The summed E-state index contributed by atoms with van der Waals surface area (Å²) < 4.78 is 42.2. The Morgan fingerprint density at radius 3 is 2.75 bits per heavy atom. The second-order valence-corrected chi connectivity index (χ2v) is 6.04. The van der Waals surface area contributed by atoms with Crippen LogP contribution in [-0.2, 0) is 24.6 Å². The molecule has 2 aromatic heterocycles. The molecule has 0 aliphatic rings. The lowest BCUT2D eigenvalue weighted by Crippen LogP contribution is -2.26. The van der Waals surface area contributed by atoms with Crippen molar-refractivity contribution in [2.75, 3.05) is 0 Å². The summed E-state index contributed by atoms with van der Waals surface area (Å²) in [5.41, 5.74) is 4.35. The van der Waals surface area contributed by atoms with Gasteiger partial charge in [0.25, 0.3) is 5.91 Å². The van der Waals surface area contributed by atoms with Crippen LogP contribution in [0.5, 0.6) is 0 Å². The lowest BCUT2D eigenvalue weighted by molar-refractivity contribution is -0.147. The summed E-state index contributed by atoms with van der Waals surface area (Å²) >= 11 is 0. The van der Waals surface area contributed by atoms with Gasteiger partial charge < -0.3 is 9.13 Å². The minimum atomic E-state index is -4.70. The highest BCUT2D eigenvalue weighted by atomic mass is 19.4. The highest BCUT2D eigenvalue weighted by Crippen LogP contribution is 2.31. The minimum Gasteiger partial charge on any atom is -0.339 e. The third-order valence-corrected chi connectivity index (χ3v) is 4.29. The van der Waals surface area contributed by atoms with Gasteiger partial charge in [-0.2, -0.15) is 23.5 Å².